The summed E-state index contributed by atoms with van der Waals surface area (Å²) in [7, 11) is 0. The molecule has 1 aromatic rings. The van der Waals surface area contributed by atoms with Crippen LogP contribution >= 0.6 is 0 Å². The summed E-state index contributed by atoms with van der Waals surface area (Å²) in [6.07, 6.45) is 0.254. The lowest BCUT2D eigenvalue weighted by molar-refractivity contribution is 0.0610. The third-order valence-electron chi connectivity index (χ3n) is 3.01. The molecule has 0 bridgehead atoms. The van der Waals surface area contributed by atoms with Crippen LogP contribution in [-0.2, 0) is 4.74 Å². The van der Waals surface area contributed by atoms with Crippen molar-refractivity contribution in [2.24, 2.45) is 0 Å². The second-order valence-electron chi connectivity index (χ2n) is 4.75. The van der Waals surface area contributed by atoms with Crippen LogP contribution in [0.2, 0.25) is 0 Å². The average molecular weight is 239 g/mol. The van der Waals surface area contributed by atoms with E-state index in [0.29, 0.717) is 6.61 Å². The molecule has 1 N–H and O–H groups in total. The molecule has 0 spiro atoms. The molecule has 3 heteroatoms. The molecule has 0 aliphatic heterocycles. The van der Waals surface area contributed by atoms with Crippen LogP contribution in [0.3, 0.4) is 0 Å². The molecule has 0 aliphatic rings. The molecule has 98 valence electrons. The zero-order valence-electron chi connectivity index (χ0n) is 11.9. The van der Waals surface area contributed by atoms with Gasteiger partial charge < -0.3 is 14.5 Å². The molecule has 3 nitrogen and oxygen atoms in total. The minimum atomic E-state index is 0.222. The summed E-state index contributed by atoms with van der Waals surface area (Å²) < 4.78 is 11.4. The first-order valence-corrected chi connectivity index (χ1v) is 6.38. The van der Waals surface area contributed by atoms with Crippen molar-refractivity contribution in [1.82, 2.24) is 5.32 Å². The Hall–Kier alpha value is -0.800. The number of furan rings is 1. The normalized spacial score (nSPS) is 13.4. The molecule has 1 unspecified atom stereocenters. The molecule has 17 heavy (non-hydrogen) atoms. The number of aryl methyl sites for hydroxylation is 2. The SMILES string of the molecule is CCNC(COC(C)C)c1c(C)oc(C)c1C. The average Bonchev–Trinajstić information content (AvgIpc) is 2.49. The van der Waals surface area contributed by atoms with Crippen LogP contribution in [0, 0.1) is 20.8 Å². The summed E-state index contributed by atoms with van der Waals surface area (Å²) in [5, 5.41) is 3.46. The standard InChI is InChI=1S/C14H25NO2/c1-7-15-13(8-16-9(2)3)14-10(4)11(5)17-12(14)6/h9,13,15H,7-8H2,1-6H3. The van der Waals surface area contributed by atoms with E-state index in [2.05, 4.69) is 33.0 Å². The fourth-order valence-corrected chi connectivity index (χ4v) is 2.10. The smallest absolute Gasteiger partial charge is 0.106 e. The molecule has 0 radical (unpaired) electrons. The van der Waals surface area contributed by atoms with Gasteiger partial charge in [-0.15, -0.1) is 0 Å². The van der Waals surface area contributed by atoms with Crippen molar-refractivity contribution < 1.29 is 9.15 Å². The van der Waals surface area contributed by atoms with Crippen LogP contribution in [0.1, 0.15) is 49.5 Å². The summed E-state index contributed by atoms with van der Waals surface area (Å²) >= 11 is 0. The number of likely N-dealkylation sites (N-methyl/N-ethyl adjacent to an activating group) is 1. The first-order chi connectivity index (χ1) is 7.97. The lowest BCUT2D eigenvalue weighted by Gasteiger charge is -2.20. The maximum Gasteiger partial charge on any atom is 0.106 e. The van der Waals surface area contributed by atoms with Crippen LogP contribution in [0.5, 0.6) is 0 Å². The Labute approximate surface area is 105 Å². The highest BCUT2D eigenvalue weighted by molar-refractivity contribution is 5.34. The number of hydrogen-bond donors (Lipinski definition) is 1. The Morgan fingerprint density at radius 1 is 1.18 bits per heavy atom. The summed E-state index contributed by atoms with van der Waals surface area (Å²) in [4.78, 5) is 0. The van der Waals surface area contributed by atoms with Crippen LogP contribution < -0.4 is 5.32 Å². The fraction of sp³-hybridized carbons (Fsp3) is 0.714. The van der Waals surface area contributed by atoms with Gasteiger partial charge in [0.2, 0.25) is 0 Å². The number of rotatable bonds is 6. The summed E-state index contributed by atoms with van der Waals surface area (Å²) in [5.41, 5.74) is 2.49. The zero-order valence-corrected chi connectivity index (χ0v) is 11.9. The number of hydrogen-bond acceptors (Lipinski definition) is 3. The second kappa shape index (κ2) is 6.22. The molecular formula is C14H25NO2. The summed E-state index contributed by atoms with van der Waals surface area (Å²) in [6, 6.07) is 0.222. The lowest BCUT2D eigenvalue weighted by Crippen LogP contribution is -2.27. The second-order valence-corrected chi connectivity index (χ2v) is 4.75. The first-order valence-electron chi connectivity index (χ1n) is 6.38. The molecule has 1 aromatic heterocycles. The van der Waals surface area contributed by atoms with Gasteiger partial charge in [-0.05, 0) is 46.7 Å². The van der Waals surface area contributed by atoms with E-state index in [-0.39, 0.29) is 12.1 Å². The van der Waals surface area contributed by atoms with Crippen molar-refractivity contribution in [2.45, 2.75) is 53.7 Å². The van der Waals surface area contributed by atoms with Crippen LogP contribution in [0.25, 0.3) is 0 Å². The molecule has 1 heterocycles. The molecule has 0 saturated heterocycles. The minimum absolute atomic E-state index is 0.222. The predicted octanol–water partition coefficient (Wildman–Crippen LogP) is 3.28. The van der Waals surface area contributed by atoms with E-state index in [4.69, 9.17) is 9.15 Å². The van der Waals surface area contributed by atoms with E-state index < -0.39 is 0 Å². The molecule has 0 aliphatic carbocycles. The van der Waals surface area contributed by atoms with Crippen LogP contribution in [-0.4, -0.2) is 19.3 Å². The molecule has 0 amide bonds. The van der Waals surface area contributed by atoms with Gasteiger partial charge in [0.05, 0.1) is 18.8 Å². The minimum Gasteiger partial charge on any atom is -0.466 e. The van der Waals surface area contributed by atoms with E-state index in [1.54, 1.807) is 0 Å². The third kappa shape index (κ3) is 3.58. The Morgan fingerprint density at radius 2 is 1.82 bits per heavy atom. The Balaban J connectivity index is 2.88. The van der Waals surface area contributed by atoms with Crippen molar-refractivity contribution in [3.63, 3.8) is 0 Å². The number of nitrogens with one attached hydrogen (secondary N) is 1. The highest BCUT2D eigenvalue weighted by Gasteiger charge is 2.20. The van der Waals surface area contributed by atoms with Gasteiger partial charge in [-0.1, -0.05) is 6.92 Å². The monoisotopic (exact) mass is 239 g/mol. The quantitative estimate of drug-likeness (QED) is 0.827. The van der Waals surface area contributed by atoms with Crippen LogP contribution in [0.4, 0.5) is 0 Å². The largest absolute Gasteiger partial charge is 0.466 e. The molecule has 0 aromatic carbocycles. The maximum absolute atomic E-state index is 5.73. The van der Waals surface area contributed by atoms with Gasteiger partial charge in [0, 0.05) is 5.56 Å². The van der Waals surface area contributed by atoms with Gasteiger partial charge in [0.15, 0.2) is 0 Å². The topological polar surface area (TPSA) is 34.4 Å². The lowest BCUT2D eigenvalue weighted by atomic mass is 10.0. The van der Waals surface area contributed by atoms with Crippen molar-refractivity contribution in [3.05, 3.63) is 22.6 Å². The molecule has 1 atom stereocenters. The summed E-state index contributed by atoms with van der Waals surface area (Å²) in [6.45, 7) is 14.0. The van der Waals surface area contributed by atoms with Gasteiger partial charge in [0.1, 0.15) is 11.5 Å². The molecule has 1 rings (SSSR count). The van der Waals surface area contributed by atoms with Crippen molar-refractivity contribution in [3.8, 4) is 0 Å². The van der Waals surface area contributed by atoms with E-state index in [1.807, 2.05) is 13.8 Å². The van der Waals surface area contributed by atoms with Gasteiger partial charge in [-0.3, -0.25) is 0 Å². The zero-order chi connectivity index (χ0) is 13.0. The van der Waals surface area contributed by atoms with E-state index >= 15 is 0 Å². The Kier molecular flexibility index (Phi) is 5.22. The first kappa shape index (κ1) is 14.3. The van der Waals surface area contributed by atoms with Crippen molar-refractivity contribution in [1.29, 1.82) is 0 Å². The summed E-state index contributed by atoms with van der Waals surface area (Å²) in [5.74, 6) is 2.00. The Morgan fingerprint density at radius 3 is 2.24 bits per heavy atom. The van der Waals surface area contributed by atoms with E-state index in [1.165, 1.54) is 11.1 Å². The van der Waals surface area contributed by atoms with E-state index in [9.17, 15) is 0 Å². The maximum atomic E-state index is 5.73. The molecule has 0 fully saturated rings. The van der Waals surface area contributed by atoms with Gasteiger partial charge in [0.25, 0.3) is 0 Å². The van der Waals surface area contributed by atoms with Gasteiger partial charge in [-0.2, -0.15) is 0 Å². The van der Waals surface area contributed by atoms with Crippen molar-refractivity contribution in [2.75, 3.05) is 13.2 Å². The van der Waals surface area contributed by atoms with Gasteiger partial charge in [-0.25, -0.2) is 0 Å². The fourth-order valence-electron chi connectivity index (χ4n) is 2.10. The van der Waals surface area contributed by atoms with Crippen molar-refractivity contribution >= 4 is 0 Å². The van der Waals surface area contributed by atoms with Crippen LogP contribution in [0.15, 0.2) is 4.42 Å². The van der Waals surface area contributed by atoms with Gasteiger partial charge >= 0.3 is 0 Å². The molecule has 0 saturated carbocycles. The highest BCUT2D eigenvalue weighted by Crippen LogP contribution is 2.27. The highest BCUT2D eigenvalue weighted by atomic mass is 16.5. The third-order valence-corrected chi connectivity index (χ3v) is 3.01. The van der Waals surface area contributed by atoms with E-state index in [0.717, 1.165) is 18.1 Å². The number of ether oxygens (including phenoxy) is 1. The molecular weight excluding hydrogens is 214 g/mol. The Bertz CT molecular complexity index is 355. The predicted molar refractivity (Wildman–Crippen MR) is 70.4 cm³/mol.